The average Bonchev–Trinajstić information content (AvgIpc) is 3.21. The number of halogens is 2. The second-order valence-corrected chi connectivity index (χ2v) is 9.48. The highest BCUT2D eigenvalue weighted by molar-refractivity contribution is 9.10. The van der Waals surface area contributed by atoms with Gasteiger partial charge in [0.15, 0.2) is 0 Å². The maximum Gasteiger partial charge on any atom is 0.254 e. The summed E-state index contributed by atoms with van der Waals surface area (Å²) in [6, 6.07) is 13.3. The van der Waals surface area contributed by atoms with Crippen molar-refractivity contribution in [2.75, 3.05) is 45.9 Å². The zero-order chi connectivity index (χ0) is 24.1. The predicted octanol–water partition coefficient (Wildman–Crippen LogP) is 3.62. The van der Waals surface area contributed by atoms with E-state index >= 15 is 0 Å². The third kappa shape index (κ3) is 5.88. The van der Waals surface area contributed by atoms with E-state index in [1.807, 2.05) is 54.6 Å². The summed E-state index contributed by atoms with van der Waals surface area (Å²) in [7, 11) is 0. The van der Waals surface area contributed by atoms with Crippen LogP contribution in [0.3, 0.4) is 0 Å². The number of amides is 2. The lowest BCUT2D eigenvalue weighted by Crippen LogP contribution is -2.50. The zero-order valence-electron chi connectivity index (χ0n) is 18.6. The molecule has 0 atom stereocenters. The van der Waals surface area contributed by atoms with Crippen LogP contribution >= 0.6 is 27.5 Å². The molecule has 34 heavy (non-hydrogen) atoms. The Labute approximate surface area is 211 Å². The Morgan fingerprint density at radius 2 is 1.82 bits per heavy atom. The van der Waals surface area contributed by atoms with Crippen LogP contribution in [0, 0.1) is 0 Å². The molecule has 7 nitrogen and oxygen atoms in total. The molecular formula is C25H26BrClN4O3. The molecule has 0 radical (unpaired) electrons. The van der Waals surface area contributed by atoms with Crippen molar-refractivity contribution < 1.29 is 14.7 Å². The number of aliphatic hydroxyl groups excluding tert-OH is 1. The zero-order valence-corrected chi connectivity index (χ0v) is 20.9. The summed E-state index contributed by atoms with van der Waals surface area (Å²) in [6.45, 7) is 3.35. The first-order valence-corrected chi connectivity index (χ1v) is 12.3. The first-order valence-electron chi connectivity index (χ1n) is 11.1. The van der Waals surface area contributed by atoms with Crippen molar-refractivity contribution in [1.82, 2.24) is 20.1 Å². The third-order valence-corrected chi connectivity index (χ3v) is 6.65. The molecule has 0 spiro atoms. The molecule has 9 heteroatoms. The molecule has 1 saturated heterocycles. The Hall–Kier alpha value is -2.65. The number of carbonyl (C=O) groups is 2. The number of H-pyrrole nitrogens is 1. The van der Waals surface area contributed by atoms with Crippen molar-refractivity contribution >= 4 is 62.4 Å². The molecule has 3 aromatic rings. The molecular weight excluding hydrogens is 520 g/mol. The summed E-state index contributed by atoms with van der Waals surface area (Å²) in [6.07, 6.45) is 3.85. The fourth-order valence-electron chi connectivity index (χ4n) is 4.05. The lowest BCUT2D eigenvalue weighted by molar-refractivity contribution is -0.135. The van der Waals surface area contributed by atoms with E-state index in [2.05, 4.69) is 31.1 Å². The van der Waals surface area contributed by atoms with Crippen molar-refractivity contribution in [2.24, 2.45) is 0 Å². The quantitative estimate of drug-likeness (QED) is 0.423. The van der Waals surface area contributed by atoms with E-state index in [1.165, 1.54) is 0 Å². The van der Waals surface area contributed by atoms with Gasteiger partial charge in [0.2, 0.25) is 5.91 Å². The van der Waals surface area contributed by atoms with Crippen molar-refractivity contribution in [1.29, 1.82) is 0 Å². The molecule has 178 valence electrons. The van der Waals surface area contributed by atoms with Crippen LogP contribution in [0.1, 0.15) is 21.6 Å². The number of hydrogen-bond acceptors (Lipinski definition) is 4. The van der Waals surface area contributed by atoms with Gasteiger partial charge in [0.05, 0.1) is 11.3 Å². The van der Waals surface area contributed by atoms with Gasteiger partial charge in [-0.05, 0) is 35.9 Å². The highest BCUT2D eigenvalue weighted by Gasteiger charge is 2.21. The SMILES string of the molecule is O=C(NCCN1CCN(C(=O)CO)CC1)c1c(/C=C/c2ccc(Cl)cc2)[nH]c2cc(Br)ccc12. The molecule has 0 aliphatic carbocycles. The fraction of sp³-hybridized carbons (Fsp3) is 0.280. The van der Waals surface area contributed by atoms with Crippen LogP contribution in [0.15, 0.2) is 46.9 Å². The molecule has 0 unspecified atom stereocenters. The summed E-state index contributed by atoms with van der Waals surface area (Å²) in [5.74, 6) is -0.378. The monoisotopic (exact) mass is 544 g/mol. The Morgan fingerprint density at radius 3 is 2.53 bits per heavy atom. The summed E-state index contributed by atoms with van der Waals surface area (Å²) in [5, 5.41) is 13.6. The molecule has 1 fully saturated rings. The van der Waals surface area contributed by atoms with Gasteiger partial charge in [0.1, 0.15) is 6.61 Å². The van der Waals surface area contributed by atoms with Crippen LogP contribution in [0.25, 0.3) is 23.1 Å². The minimum Gasteiger partial charge on any atom is -0.387 e. The molecule has 3 N–H and O–H groups in total. The van der Waals surface area contributed by atoms with Crippen LogP contribution in [0.2, 0.25) is 5.02 Å². The van der Waals surface area contributed by atoms with Crippen LogP contribution in [-0.2, 0) is 4.79 Å². The van der Waals surface area contributed by atoms with Crippen molar-refractivity contribution in [3.8, 4) is 0 Å². The fourth-order valence-corrected chi connectivity index (χ4v) is 4.54. The molecule has 2 heterocycles. The topological polar surface area (TPSA) is 88.7 Å². The number of aliphatic hydroxyl groups is 1. The highest BCUT2D eigenvalue weighted by atomic mass is 79.9. The third-order valence-electron chi connectivity index (χ3n) is 5.90. The number of benzene rings is 2. The van der Waals surface area contributed by atoms with E-state index in [-0.39, 0.29) is 11.8 Å². The van der Waals surface area contributed by atoms with Crippen molar-refractivity contribution in [3.05, 3.63) is 68.8 Å². The number of piperazine rings is 1. The number of rotatable bonds is 7. The first-order chi connectivity index (χ1) is 16.4. The van der Waals surface area contributed by atoms with Crippen LogP contribution in [0.5, 0.6) is 0 Å². The van der Waals surface area contributed by atoms with Crippen LogP contribution < -0.4 is 5.32 Å². The average molecular weight is 546 g/mol. The molecule has 2 aromatic carbocycles. The van der Waals surface area contributed by atoms with Gasteiger partial charge < -0.3 is 20.3 Å². The first kappa shape index (κ1) is 24.5. The summed E-state index contributed by atoms with van der Waals surface area (Å²) < 4.78 is 0.931. The second-order valence-electron chi connectivity index (χ2n) is 8.12. The van der Waals surface area contributed by atoms with E-state index in [9.17, 15) is 9.59 Å². The largest absolute Gasteiger partial charge is 0.387 e. The number of aromatic amines is 1. The minimum atomic E-state index is -0.452. The highest BCUT2D eigenvalue weighted by Crippen LogP contribution is 2.27. The van der Waals surface area contributed by atoms with E-state index in [0.29, 0.717) is 36.8 Å². The lowest BCUT2D eigenvalue weighted by Gasteiger charge is -2.34. The van der Waals surface area contributed by atoms with E-state index in [4.69, 9.17) is 16.7 Å². The van der Waals surface area contributed by atoms with Gasteiger partial charge in [-0.15, -0.1) is 0 Å². The van der Waals surface area contributed by atoms with Crippen LogP contribution in [0.4, 0.5) is 0 Å². The number of aromatic nitrogens is 1. The lowest BCUT2D eigenvalue weighted by atomic mass is 10.1. The predicted molar refractivity (Wildman–Crippen MR) is 139 cm³/mol. The van der Waals surface area contributed by atoms with Gasteiger partial charge in [-0.1, -0.05) is 51.8 Å². The molecule has 1 aliphatic heterocycles. The number of nitrogens with one attached hydrogen (secondary N) is 2. The Bertz CT molecular complexity index is 1200. The van der Waals surface area contributed by atoms with E-state index < -0.39 is 6.61 Å². The Balaban J connectivity index is 1.44. The number of nitrogens with zero attached hydrogens (tertiary/aromatic N) is 2. The van der Waals surface area contributed by atoms with Gasteiger partial charge in [-0.2, -0.15) is 0 Å². The smallest absolute Gasteiger partial charge is 0.254 e. The van der Waals surface area contributed by atoms with Crippen LogP contribution in [-0.4, -0.2) is 77.6 Å². The molecule has 0 bridgehead atoms. The minimum absolute atomic E-state index is 0.140. The van der Waals surface area contributed by atoms with E-state index in [0.717, 1.165) is 39.7 Å². The number of carbonyl (C=O) groups excluding carboxylic acids is 2. The van der Waals surface area contributed by atoms with Gasteiger partial charge >= 0.3 is 0 Å². The van der Waals surface area contributed by atoms with Gasteiger partial charge in [0.25, 0.3) is 5.91 Å². The Morgan fingerprint density at radius 1 is 1.09 bits per heavy atom. The number of hydrogen-bond donors (Lipinski definition) is 3. The summed E-state index contributed by atoms with van der Waals surface area (Å²) in [5.41, 5.74) is 3.19. The van der Waals surface area contributed by atoms with Gasteiger partial charge in [-0.25, -0.2) is 0 Å². The van der Waals surface area contributed by atoms with Gasteiger partial charge in [-0.3, -0.25) is 14.5 Å². The maximum atomic E-state index is 13.2. The maximum absolute atomic E-state index is 13.2. The second kappa shape index (κ2) is 11.2. The molecule has 0 saturated carbocycles. The van der Waals surface area contributed by atoms with Crippen molar-refractivity contribution in [2.45, 2.75) is 0 Å². The molecule has 1 aromatic heterocycles. The van der Waals surface area contributed by atoms with E-state index in [1.54, 1.807) is 4.90 Å². The van der Waals surface area contributed by atoms with Gasteiger partial charge in [0, 0.05) is 59.7 Å². The van der Waals surface area contributed by atoms with Crippen molar-refractivity contribution in [3.63, 3.8) is 0 Å². The summed E-state index contributed by atoms with van der Waals surface area (Å²) >= 11 is 9.47. The number of fused-ring (bicyclic) bond motifs is 1. The normalized spacial score (nSPS) is 14.7. The molecule has 2 amide bonds. The molecule has 1 aliphatic rings. The summed E-state index contributed by atoms with van der Waals surface area (Å²) in [4.78, 5) is 32.0. The molecule has 4 rings (SSSR count). The Kier molecular flexibility index (Phi) is 8.05. The standard InChI is InChI=1S/C25H26BrClN4O3/c26-18-4-7-20-22(15-18)29-21(8-3-17-1-5-19(27)6-2-17)24(20)25(34)28-9-10-30-11-13-31(14-12-30)23(33)16-32/h1-8,15,29,32H,9-14,16H2,(H,28,34)/b8-3+.